The van der Waals surface area contributed by atoms with Crippen LogP contribution in [0.1, 0.15) is 41.7 Å². The van der Waals surface area contributed by atoms with Crippen molar-refractivity contribution in [3.63, 3.8) is 0 Å². The molecule has 1 aliphatic rings. The first-order chi connectivity index (χ1) is 12.9. The maximum atomic E-state index is 13.0. The van der Waals surface area contributed by atoms with Gasteiger partial charge in [0.1, 0.15) is 0 Å². The lowest BCUT2D eigenvalue weighted by atomic mass is 9.95. The molecule has 1 fully saturated rings. The van der Waals surface area contributed by atoms with Gasteiger partial charge < -0.3 is 9.80 Å². The van der Waals surface area contributed by atoms with Crippen molar-refractivity contribution in [3.8, 4) is 0 Å². The zero-order valence-electron chi connectivity index (χ0n) is 16.1. The number of rotatable bonds is 2. The van der Waals surface area contributed by atoms with E-state index in [1.165, 1.54) is 9.58 Å². The molecule has 0 spiro atoms. The largest absolute Gasteiger partial charge is 0.346 e. The van der Waals surface area contributed by atoms with Crippen molar-refractivity contribution in [2.24, 2.45) is 0 Å². The first kappa shape index (κ1) is 18.4. The van der Waals surface area contributed by atoms with Crippen molar-refractivity contribution in [3.05, 3.63) is 46.2 Å². The molecule has 4 rings (SSSR count). The Bertz CT molecular complexity index is 921. The average molecular weight is 400 g/mol. The maximum absolute atomic E-state index is 13.0. The third-order valence-corrected chi connectivity index (χ3v) is 7.49. The fourth-order valence-corrected chi connectivity index (χ4v) is 5.37. The molecule has 0 N–H and O–H groups in total. The second kappa shape index (κ2) is 7.24. The molecular formula is C21H25N3OS2. The Morgan fingerprint density at radius 3 is 2.56 bits per heavy atom. The van der Waals surface area contributed by atoms with Crippen molar-refractivity contribution in [2.75, 3.05) is 31.1 Å². The summed E-state index contributed by atoms with van der Waals surface area (Å²) in [6.07, 6.45) is 0.971. The van der Waals surface area contributed by atoms with E-state index in [1.54, 1.807) is 22.7 Å². The van der Waals surface area contributed by atoms with Gasteiger partial charge >= 0.3 is 0 Å². The highest BCUT2D eigenvalue weighted by Gasteiger charge is 2.24. The topological polar surface area (TPSA) is 36.4 Å². The minimum absolute atomic E-state index is 0.0889. The number of benzene rings is 1. The minimum Gasteiger partial charge on any atom is -0.346 e. The summed E-state index contributed by atoms with van der Waals surface area (Å²) >= 11 is 3.37. The number of anilines is 1. The van der Waals surface area contributed by atoms with E-state index < -0.39 is 0 Å². The van der Waals surface area contributed by atoms with Gasteiger partial charge in [-0.15, -0.1) is 11.3 Å². The van der Waals surface area contributed by atoms with Gasteiger partial charge in [-0.1, -0.05) is 44.2 Å². The van der Waals surface area contributed by atoms with E-state index in [2.05, 4.69) is 49.9 Å². The molecule has 1 amide bonds. The van der Waals surface area contributed by atoms with Crippen molar-refractivity contribution in [1.29, 1.82) is 0 Å². The van der Waals surface area contributed by atoms with Gasteiger partial charge in [-0.3, -0.25) is 4.79 Å². The monoisotopic (exact) mass is 399 g/mol. The van der Waals surface area contributed by atoms with Crippen LogP contribution in [0, 0.1) is 0 Å². The van der Waals surface area contributed by atoms with Crippen LogP contribution < -0.4 is 4.90 Å². The van der Waals surface area contributed by atoms with Gasteiger partial charge in [0.2, 0.25) is 0 Å². The number of amides is 1. The van der Waals surface area contributed by atoms with Gasteiger partial charge in [-0.05, 0) is 36.1 Å². The molecule has 0 aliphatic carbocycles. The molecule has 0 unspecified atom stereocenters. The molecule has 6 heteroatoms. The standard InChI is InChI=1S/C21H25N3OS2/c1-21(2,3)18-10-9-17(26-18)19(25)23-11-6-12-24(14-13-23)20-22-15-7-4-5-8-16(15)27-20/h4-5,7-10H,6,11-14H2,1-3H3. The van der Waals surface area contributed by atoms with Crippen LogP contribution in [0.2, 0.25) is 0 Å². The van der Waals surface area contributed by atoms with E-state index in [-0.39, 0.29) is 11.3 Å². The van der Waals surface area contributed by atoms with Crippen LogP contribution in [0.15, 0.2) is 36.4 Å². The summed E-state index contributed by atoms with van der Waals surface area (Å²) in [6.45, 7) is 9.91. The summed E-state index contributed by atoms with van der Waals surface area (Å²) in [7, 11) is 0. The lowest BCUT2D eigenvalue weighted by Crippen LogP contribution is -2.34. The predicted octanol–water partition coefficient (Wildman–Crippen LogP) is 5.01. The number of hydrogen-bond acceptors (Lipinski definition) is 5. The second-order valence-corrected chi connectivity index (χ2v) is 10.1. The molecule has 0 saturated carbocycles. The molecule has 1 aromatic carbocycles. The Kier molecular flexibility index (Phi) is 4.95. The number of carbonyl (C=O) groups is 1. The summed E-state index contributed by atoms with van der Waals surface area (Å²) < 4.78 is 1.22. The van der Waals surface area contributed by atoms with Crippen LogP contribution in [-0.2, 0) is 5.41 Å². The molecule has 4 nitrogen and oxygen atoms in total. The zero-order valence-corrected chi connectivity index (χ0v) is 17.7. The number of fused-ring (bicyclic) bond motifs is 1. The highest BCUT2D eigenvalue weighted by Crippen LogP contribution is 2.31. The third-order valence-electron chi connectivity index (χ3n) is 4.89. The number of para-hydroxylation sites is 1. The van der Waals surface area contributed by atoms with Crippen molar-refractivity contribution >= 4 is 43.9 Å². The number of nitrogens with zero attached hydrogens (tertiary/aromatic N) is 3. The highest BCUT2D eigenvalue weighted by atomic mass is 32.1. The van der Waals surface area contributed by atoms with E-state index in [0.29, 0.717) is 0 Å². The maximum Gasteiger partial charge on any atom is 0.263 e. The molecule has 3 aromatic rings. The SMILES string of the molecule is CC(C)(C)c1ccc(C(=O)N2CCCN(c3nc4ccccc4s3)CC2)s1. The van der Waals surface area contributed by atoms with Gasteiger partial charge in [-0.2, -0.15) is 0 Å². The number of thiophene rings is 1. The van der Waals surface area contributed by atoms with Crippen LogP contribution in [-0.4, -0.2) is 42.0 Å². The predicted molar refractivity (Wildman–Crippen MR) is 115 cm³/mol. The van der Waals surface area contributed by atoms with Crippen molar-refractivity contribution in [1.82, 2.24) is 9.88 Å². The zero-order chi connectivity index (χ0) is 19.0. The number of thiazole rings is 1. The van der Waals surface area contributed by atoms with Gasteiger partial charge in [0, 0.05) is 31.1 Å². The van der Waals surface area contributed by atoms with E-state index in [4.69, 9.17) is 4.98 Å². The number of aromatic nitrogens is 1. The minimum atomic E-state index is 0.0889. The van der Waals surface area contributed by atoms with Crippen LogP contribution in [0.3, 0.4) is 0 Å². The van der Waals surface area contributed by atoms with Crippen LogP contribution in [0.5, 0.6) is 0 Å². The van der Waals surface area contributed by atoms with Crippen molar-refractivity contribution in [2.45, 2.75) is 32.6 Å². The molecule has 0 atom stereocenters. The highest BCUT2D eigenvalue weighted by molar-refractivity contribution is 7.22. The normalized spacial score (nSPS) is 16.0. The summed E-state index contributed by atoms with van der Waals surface area (Å²) in [5.41, 5.74) is 1.15. The summed E-state index contributed by atoms with van der Waals surface area (Å²) in [6, 6.07) is 12.4. The Balaban J connectivity index is 1.46. The molecule has 1 saturated heterocycles. The number of hydrogen-bond donors (Lipinski definition) is 0. The van der Waals surface area contributed by atoms with Crippen molar-refractivity contribution < 1.29 is 4.79 Å². The molecule has 27 heavy (non-hydrogen) atoms. The quantitative estimate of drug-likeness (QED) is 0.608. The third kappa shape index (κ3) is 3.87. The van der Waals surface area contributed by atoms with E-state index in [1.807, 2.05) is 17.0 Å². The van der Waals surface area contributed by atoms with Gasteiger partial charge in [0.05, 0.1) is 15.1 Å². The molecule has 1 aliphatic heterocycles. The molecule has 2 aromatic heterocycles. The van der Waals surface area contributed by atoms with E-state index in [0.717, 1.165) is 48.1 Å². The smallest absolute Gasteiger partial charge is 0.263 e. The summed E-state index contributed by atoms with van der Waals surface area (Å²) in [5, 5.41) is 1.07. The molecule has 142 valence electrons. The molecule has 0 bridgehead atoms. The first-order valence-corrected chi connectivity index (χ1v) is 11.1. The Morgan fingerprint density at radius 2 is 1.81 bits per heavy atom. The van der Waals surface area contributed by atoms with Gasteiger partial charge in [-0.25, -0.2) is 4.98 Å². The molecule has 0 radical (unpaired) electrons. The fraction of sp³-hybridized carbons (Fsp3) is 0.429. The number of carbonyl (C=O) groups excluding carboxylic acids is 1. The van der Waals surface area contributed by atoms with E-state index in [9.17, 15) is 4.79 Å². The fourth-order valence-electron chi connectivity index (χ4n) is 3.32. The van der Waals surface area contributed by atoms with Gasteiger partial charge in [0.15, 0.2) is 5.13 Å². The summed E-state index contributed by atoms with van der Waals surface area (Å²) in [4.78, 5) is 24.2. The molecular weight excluding hydrogens is 374 g/mol. The summed E-state index contributed by atoms with van der Waals surface area (Å²) in [5.74, 6) is 0.168. The first-order valence-electron chi connectivity index (χ1n) is 9.42. The Hall–Kier alpha value is -1.92. The molecule has 3 heterocycles. The van der Waals surface area contributed by atoms with Crippen LogP contribution in [0.4, 0.5) is 5.13 Å². The lowest BCUT2D eigenvalue weighted by Gasteiger charge is -2.21. The second-order valence-electron chi connectivity index (χ2n) is 8.01. The average Bonchev–Trinajstić information content (AvgIpc) is 3.22. The van der Waals surface area contributed by atoms with Crippen LogP contribution >= 0.6 is 22.7 Å². The lowest BCUT2D eigenvalue weighted by molar-refractivity contribution is 0.0772. The Labute approximate surface area is 168 Å². The Morgan fingerprint density at radius 1 is 1.00 bits per heavy atom. The van der Waals surface area contributed by atoms with E-state index >= 15 is 0 Å². The van der Waals surface area contributed by atoms with Crippen LogP contribution in [0.25, 0.3) is 10.2 Å². The van der Waals surface area contributed by atoms with Gasteiger partial charge in [0.25, 0.3) is 5.91 Å².